The van der Waals surface area contributed by atoms with Crippen molar-refractivity contribution >= 4 is 34.2 Å². The molecule has 0 atom stereocenters. The van der Waals surface area contributed by atoms with E-state index in [1.165, 1.54) is 11.8 Å². The van der Waals surface area contributed by atoms with Crippen molar-refractivity contribution in [3.63, 3.8) is 0 Å². The van der Waals surface area contributed by atoms with Crippen molar-refractivity contribution < 1.29 is 0 Å². The summed E-state index contributed by atoms with van der Waals surface area (Å²) in [6.07, 6.45) is 1.89. The van der Waals surface area contributed by atoms with Crippen LogP contribution < -0.4 is 5.73 Å². The highest BCUT2D eigenvalue weighted by Crippen LogP contribution is 2.36. The van der Waals surface area contributed by atoms with Gasteiger partial charge in [-0.15, -0.1) is 0 Å². The Balaban J connectivity index is 2.58. The molecule has 4 heteroatoms. The molecule has 0 aliphatic heterocycles. The zero-order chi connectivity index (χ0) is 13.0. The molecule has 0 unspecified atom stereocenters. The highest BCUT2D eigenvalue weighted by molar-refractivity contribution is 8.13. The van der Waals surface area contributed by atoms with Gasteiger partial charge >= 0.3 is 0 Å². The first-order valence-electron chi connectivity index (χ1n) is 5.44. The first kappa shape index (κ1) is 13.0. The van der Waals surface area contributed by atoms with E-state index in [1.807, 2.05) is 54.8 Å². The SMILES string of the molecule is CSC(N)=Nc1c(Cl)cccc1-c1ccccc1. The van der Waals surface area contributed by atoms with Crippen LogP contribution in [0.5, 0.6) is 0 Å². The van der Waals surface area contributed by atoms with E-state index in [9.17, 15) is 0 Å². The van der Waals surface area contributed by atoms with Crippen molar-refractivity contribution in [3.8, 4) is 11.1 Å². The monoisotopic (exact) mass is 276 g/mol. The average Bonchev–Trinajstić information content (AvgIpc) is 2.42. The number of hydrogen-bond acceptors (Lipinski definition) is 2. The molecule has 18 heavy (non-hydrogen) atoms. The average molecular weight is 277 g/mol. The summed E-state index contributed by atoms with van der Waals surface area (Å²) < 4.78 is 0. The van der Waals surface area contributed by atoms with Crippen LogP contribution in [0.4, 0.5) is 5.69 Å². The Morgan fingerprint density at radius 2 is 1.83 bits per heavy atom. The summed E-state index contributed by atoms with van der Waals surface area (Å²) in [6, 6.07) is 15.7. The third kappa shape index (κ3) is 2.86. The van der Waals surface area contributed by atoms with Crippen LogP contribution in [0.3, 0.4) is 0 Å². The van der Waals surface area contributed by atoms with Gasteiger partial charge in [-0.2, -0.15) is 0 Å². The van der Waals surface area contributed by atoms with Crippen molar-refractivity contribution in [1.29, 1.82) is 0 Å². The van der Waals surface area contributed by atoms with Crippen LogP contribution in [-0.4, -0.2) is 11.4 Å². The molecule has 2 rings (SSSR count). The van der Waals surface area contributed by atoms with E-state index >= 15 is 0 Å². The number of nitrogens with two attached hydrogens (primary N) is 1. The standard InChI is InChI=1S/C14H13ClN2S/c1-18-14(16)17-13-11(8-5-9-12(13)15)10-6-3-2-4-7-10/h2-9H,1H3,(H2,16,17). The number of nitrogens with zero attached hydrogens (tertiary/aromatic N) is 1. The van der Waals surface area contributed by atoms with Crippen molar-refractivity contribution in [3.05, 3.63) is 53.6 Å². The topological polar surface area (TPSA) is 38.4 Å². The number of aliphatic imine (C=N–C) groups is 1. The molecule has 0 saturated heterocycles. The number of benzene rings is 2. The summed E-state index contributed by atoms with van der Waals surface area (Å²) in [4.78, 5) is 4.38. The molecule has 0 saturated carbocycles. The van der Waals surface area contributed by atoms with Crippen molar-refractivity contribution in [1.82, 2.24) is 0 Å². The Morgan fingerprint density at radius 1 is 1.11 bits per heavy atom. The van der Waals surface area contributed by atoms with Gasteiger partial charge in [0.15, 0.2) is 5.17 Å². The van der Waals surface area contributed by atoms with E-state index in [0.717, 1.165) is 16.8 Å². The molecule has 0 aromatic heterocycles. The van der Waals surface area contributed by atoms with E-state index in [2.05, 4.69) is 4.99 Å². The van der Waals surface area contributed by atoms with E-state index in [-0.39, 0.29) is 0 Å². The molecule has 2 nitrogen and oxygen atoms in total. The van der Waals surface area contributed by atoms with Gasteiger partial charge in [-0.3, -0.25) is 0 Å². The van der Waals surface area contributed by atoms with E-state index < -0.39 is 0 Å². The normalized spacial score (nSPS) is 11.6. The van der Waals surface area contributed by atoms with Crippen LogP contribution >= 0.6 is 23.4 Å². The van der Waals surface area contributed by atoms with Gasteiger partial charge in [0, 0.05) is 5.56 Å². The summed E-state index contributed by atoms with van der Waals surface area (Å²) in [7, 11) is 0. The molecule has 2 aromatic carbocycles. The van der Waals surface area contributed by atoms with Crippen LogP contribution in [0.1, 0.15) is 0 Å². The third-order valence-corrected chi connectivity index (χ3v) is 3.32. The zero-order valence-electron chi connectivity index (χ0n) is 9.93. The van der Waals surface area contributed by atoms with Crippen LogP contribution in [0, 0.1) is 0 Å². The number of para-hydroxylation sites is 1. The minimum atomic E-state index is 0.500. The van der Waals surface area contributed by atoms with Crippen LogP contribution in [-0.2, 0) is 0 Å². The number of amidine groups is 1. The highest BCUT2D eigenvalue weighted by atomic mass is 35.5. The van der Waals surface area contributed by atoms with E-state index in [1.54, 1.807) is 0 Å². The van der Waals surface area contributed by atoms with Gasteiger partial charge < -0.3 is 5.73 Å². The lowest BCUT2D eigenvalue weighted by Gasteiger charge is -2.08. The van der Waals surface area contributed by atoms with E-state index in [4.69, 9.17) is 17.3 Å². The fourth-order valence-corrected chi connectivity index (χ4v) is 2.03. The summed E-state index contributed by atoms with van der Waals surface area (Å²) >= 11 is 7.61. The maximum atomic E-state index is 6.21. The number of thioether (sulfide) groups is 1. The molecule has 0 aliphatic carbocycles. The maximum absolute atomic E-state index is 6.21. The molecule has 92 valence electrons. The Labute approximate surface area is 116 Å². The molecular formula is C14H13ClN2S. The van der Waals surface area contributed by atoms with Gasteiger partial charge in [0.25, 0.3) is 0 Å². The second-order valence-electron chi connectivity index (χ2n) is 3.66. The van der Waals surface area contributed by atoms with Gasteiger partial charge in [-0.05, 0) is 17.9 Å². The first-order valence-corrected chi connectivity index (χ1v) is 7.04. The number of rotatable bonds is 2. The summed E-state index contributed by atoms with van der Waals surface area (Å²) in [6.45, 7) is 0. The van der Waals surface area contributed by atoms with Crippen molar-refractivity contribution in [2.45, 2.75) is 0 Å². The predicted molar refractivity (Wildman–Crippen MR) is 81.7 cm³/mol. The van der Waals surface area contributed by atoms with Crippen LogP contribution in [0.15, 0.2) is 53.5 Å². The Kier molecular flexibility index (Phi) is 4.28. The summed E-state index contributed by atoms with van der Waals surface area (Å²) in [5.41, 5.74) is 8.56. The van der Waals surface area contributed by atoms with Gasteiger partial charge in [-0.25, -0.2) is 4.99 Å². The highest BCUT2D eigenvalue weighted by Gasteiger charge is 2.08. The first-order chi connectivity index (χ1) is 8.72. The minimum Gasteiger partial charge on any atom is -0.378 e. The maximum Gasteiger partial charge on any atom is 0.158 e. The molecule has 0 radical (unpaired) electrons. The van der Waals surface area contributed by atoms with E-state index in [0.29, 0.717) is 10.2 Å². The molecule has 0 aliphatic rings. The molecule has 0 fully saturated rings. The molecule has 2 N–H and O–H groups in total. The Morgan fingerprint density at radius 3 is 2.50 bits per heavy atom. The Hall–Kier alpha value is -1.45. The fraction of sp³-hybridized carbons (Fsp3) is 0.0714. The largest absolute Gasteiger partial charge is 0.378 e. The Bertz CT molecular complexity index is 567. The molecule has 0 spiro atoms. The molecule has 0 bridgehead atoms. The zero-order valence-corrected chi connectivity index (χ0v) is 11.5. The van der Waals surface area contributed by atoms with Crippen molar-refractivity contribution in [2.24, 2.45) is 10.7 Å². The van der Waals surface area contributed by atoms with Crippen molar-refractivity contribution in [2.75, 3.05) is 6.26 Å². The number of hydrogen-bond donors (Lipinski definition) is 1. The second kappa shape index (κ2) is 5.94. The van der Waals surface area contributed by atoms with Gasteiger partial charge in [0.05, 0.1) is 10.7 Å². The smallest absolute Gasteiger partial charge is 0.158 e. The second-order valence-corrected chi connectivity index (χ2v) is 4.89. The lowest BCUT2D eigenvalue weighted by Crippen LogP contribution is -2.04. The fourth-order valence-electron chi connectivity index (χ4n) is 1.64. The molecule has 0 amide bonds. The number of halogens is 1. The lowest BCUT2D eigenvalue weighted by molar-refractivity contribution is 1.49. The van der Waals surface area contributed by atoms with Crippen LogP contribution in [0.2, 0.25) is 5.02 Å². The third-order valence-electron chi connectivity index (χ3n) is 2.50. The predicted octanol–water partition coefficient (Wildman–Crippen LogP) is 4.32. The summed E-state index contributed by atoms with van der Waals surface area (Å²) in [5.74, 6) is 0. The minimum absolute atomic E-state index is 0.500. The van der Waals surface area contributed by atoms with Gasteiger partial charge in [0.2, 0.25) is 0 Å². The molecular weight excluding hydrogens is 264 g/mol. The molecule has 2 aromatic rings. The quantitative estimate of drug-likeness (QED) is 0.655. The van der Waals surface area contributed by atoms with Gasteiger partial charge in [-0.1, -0.05) is 65.8 Å². The van der Waals surface area contributed by atoms with Crippen LogP contribution in [0.25, 0.3) is 11.1 Å². The molecule has 0 heterocycles. The lowest BCUT2D eigenvalue weighted by atomic mass is 10.0. The van der Waals surface area contributed by atoms with Gasteiger partial charge in [0.1, 0.15) is 0 Å². The summed E-state index contributed by atoms with van der Waals surface area (Å²) in [5, 5.41) is 1.11.